The fraction of sp³-hybridized carbons (Fsp3) is 0.176. The van der Waals surface area contributed by atoms with E-state index in [0.29, 0.717) is 5.02 Å². The molecule has 3 aromatic rings. The van der Waals surface area contributed by atoms with Gasteiger partial charge in [-0.05, 0) is 48.7 Å². The number of aryl methyl sites for hydroxylation is 2. The molecule has 4 heteroatoms. The number of fused-ring (bicyclic) bond motifs is 1. The highest BCUT2D eigenvalue weighted by Gasteiger charge is 2.14. The van der Waals surface area contributed by atoms with E-state index >= 15 is 0 Å². The predicted octanol–water partition coefficient (Wildman–Crippen LogP) is 4.58. The van der Waals surface area contributed by atoms with Crippen molar-refractivity contribution in [3.8, 4) is 16.9 Å². The summed E-state index contributed by atoms with van der Waals surface area (Å²) in [5, 5.41) is 1.67. The topological polar surface area (TPSA) is 35.0 Å². The molecule has 0 N–H and O–H groups in total. The van der Waals surface area contributed by atoms with Crippen LogP contribution in [0.25, 0.3) is 22.0 Å². The van der Waals surface area contributed by atoms with Crippen molar-refractivity contribution in [3.05, 3.63) is 52.9 Å². The zero-order valence-electron chi connectivity index (χ0n) is 12.1. The van der Waals surface area contributed by atoms with Crippen LogP contribution in [-0.2, 0) is 0 Å². The summed E-state index contributed by atoms with van der Waals surface area (Å²) in [6, 6.07) is 9.88. The smallest absolute Gasteiger partial charge is 0.148 e. The highest BCUT2D eigenvalue weighted by molar-refractivity contribution is 6.30. The lowest BCUT2D eigenvalue weighted by Gasteiger charge is -2.13. The second kappa shape index (κ2) is 5.34. The summed E-state index contributed by atoms with van der Waals surface area (Å²) in [7, 11) is 1.66. The van der Waals surface area contributed by atoms with Crippen LogP contribution in [0.4, 0.5) is 0 Å². The zero-order chi connectivity index (χ0) is 15.0. The minimum atomic E-state index is 0.710. The molecule has 0 aliphatic rings. The molecule has 2 aromatic carbocycles. The Labute approximate surface area is 128 Å². The van der Waals surface area contributed by atoms with Crippen molar-refractivity contribution in [1.29, 1.82) is 0 Å². The Morgan fingerprint density at radius 2 is 1.95 bits per heavy atom. The maximum Gasteiger partial charge on any atom is 0.148 e. The van der Waals surface area contributed by atoms with Crippen LogP contribution in [0.1, 0.15) is 11.4 Å². The van der Waals surface area contributed by atoms with E-state index in [2.05, 4.69) is 16.0 Å². The van der Waals surface area contributed by atoms with Crippen LogP contribution in [-0.4, -0.2) is 17.1 Å². The van der Waals surface area contributed by atoms with Crippen LogP contribution >= 0.6 is 11.6 Å². The summed E-state index contributed by atoms with van der Waals surface area (Å²) in [5.74, 6) is 1.52. The largest absolute Gasteiger partial charge is 0.494 e. The predicted molar refractivity (Wildman–Crippen MR) is 86.0 cm³/mol. The number of hydrogen-bond acceptors (Lipinski definition) is 3. The third-order valence-corrected chi connectivity index (χ3v) is 3.71. The van der Waals surface area contributed by atoms with Gasteiger partial charge in [-0.15, -0.1) is 0 Å². The lowest BCUT2D eigenvalue weighted by atomic mass is 9.98. The van der Waals surface area contributed by atoms with Gasteiger partial charge in [0.2, 0.25) is 0 Å². The quantitative estimate of drug-likeness (QED) is 0.695. The Hall–Kier alpha value is -2.13. The van der Waals surface area contributed by atoms with E-state index in [1.807, 2.05) is 44.3 Å². The van der Waals surface area contributed by atoms with Crippen LogP contribution in [0.3, 0.4) is 0 Å². The molecule has 0 saturated carbocycles. The first-order valence-corrected chi connectivity index (χ1v) is 7.05. The SMILES string of the molecule is COc1c(C)cc(-c2cccc(Cl)c2)c2cnc(C)nc12. The third-order valence-electron chi connectivity index (χ3n) is 3.47. The number of nitrogens with zero attached hydrogens (tertiary/aromatic N) is 2. The molecule has 0 aliphatic carbocycles. The fourth-order valence-corrected chi connectivity index (χ4v) is 2.73. The Balaban J connectivity index is 2.39. The zero-order valence-corrected chi connectivity index (χ0v) is 12.9. The minimum Gasteiger partial charge on any atom is -0.494 e. The Morgan fingerprint density at radius 3 is 2.67 bits per heavy atom. The van der Waals surface area contributed by atoms with Crippen LogP contribution < -0.4 is 4.74 Å². The van der Waals surface area contributed by atoms with E-state index < -0.39 is 0 Å². The highest BCUT2D eigenvalue weighted by Crippen LogP contribution is 2.36. The van der Waals surface area contributed by atoms with E-state index in [1.165, 1.54) is 0 Å². The molecule has 0 aliphatic heterocycles. The maximum atomic E-state index is 6.11. The molecule has 106 valence electrons. The van der Waals surface area contributed by atoms with Crippen molar-refractivity contribution < 1.29 is 4.74 Å². The standard InChI is InChI=1S/C17H15ClN2O/c1-10-7-14(12-5-4-6-13(18)8-12)15-9-19-11(2)20-16(15)17(10)21-3/h4-9H,1-3H3. The van der Waals surface area contributed by atoms with Crippen LogP contribution in [0, 0.1) is 13.8 Å². The van der Waals surface area contributed by atoms with E-state index in [-0.39, 0.29) is 0 Å². The normalized spacial score (nSPS) is 10.9. The van der Waals surface area contributed by atoms with Crippen molar-refractivity contribution >= 4 is 22.5 Å². The maximum absolute atomic E-state index is 6.11. The number of aromatic nitrogens is 2. The van der Waals surface area contributed by atoms with Gasteiger partial charge >= 0.3 is 0 Å². The lowest BCUT2D eigenvalue weighted by Crippen LogP contribution is -1.96. The summed E-state index contributed by atoms with van der Waals surface area (Å²) in [6.45, 7) is 3.89. The molecule has 1 aromatic heterocycles. The molecule has 0 radical (unpaired) electrons. The lowest BCUT2D eigenvalue weighted by molar-refractivity contribution is 0.416. The Bertz CT molecular complexity index is 830. The summed E-state index contributed by atoms with van der Waals surface area (Å²) < 4.78 is 5.51. The molecular formula is C17H15ClN2O. The molecule has 0 amide bonds. The molecule has 1 heterocycles. The summed E-state index contributed by atoms with van der Waals surface area (Å²) in [5.41, 5.74) is 3.98. The molecule has 3 rings (SSSR count). The average molecular weight is 299 g/mol. The number of rotatable bonds is 2. The first kappa shape index (κ1) is 13.8. The van der Waals surface area contributed by atoms with Gasteiger partial charge in [-0.25, -0.2) is 9.97 Å². The summed E-state index contributed by atoms with van der Waals surface area (Å²) >= 11 is 6.11. The van der Waals surface area contributed by atoms with Crippen molar-refractivity contribution in [1.82, 2.24) is 9.97 Å². The van der Waals surface area contributed by atoms with Crippen LogP contribution in [0.15, 0.2) is 36.5 Å². The third kappa shape index (κ3) is 2.45. The van der Waals surface area contributed by atoms with Gasteiger partial charge in [0, 0.05) is 16.6 Å². The molecular weight excluding hydrogens is 284 g/mol. The number of ether oxygens (including phenoxy) is 1. The van der Waals surface area contributed by atoms with E-state index in [4.69, 9.17) is 16.3 Å². The van der Waals surface area contributed by atoms with Gasteiger partial charge < -0.3 is 4.74 Å². The minimum absolute atomic E-state index is 0.710. The monoisotopic (exact) mass is 298 g/mol. The average Bonchev–Trinajstić information content (AvgIpc) is 2.46. The molecule has 3 nitrogen and oxygen atoms in total. The molecule has 0 unspecified atom stereocenters. The molecule has 0 fully saturated rings. The van der Waals surface area contributed by atoms with Crippen molar-refractivity contribution in [2.24, 2.45) is 0 Å². The summed E-state index contributed by atoms with van der Waals surface area (Å²) in [6.07, 6.45) is 1.84. The number of hydrogen-bond donors (Lipinski definition) is 0. The van der Waals surface area contributed by atoms with Crippen molar-refractivity contribution in [2.75, 3.05) is 7.11 Å². The molecule has 0 atom stereocenters. The van der Waals surface area contributed by atoms with E-state index in [0.717, 1.165) is 39.2 Å². The van der Waals surface area contributed by atoms with Gasteiger partial charge in [0.15, 0.2) is 0 Å². The summed E-state index contributed by atoms with van der Waals surface area (Å²) in [4.78, 5) is 8.87. The van der Waals surface area contributed by atoms with Crippen LogP contribution in [0.2, 0.25) is 5.02 Å². The van der Waals surface area contributed by atoms with Gasteiger partial charge in [0.25, 0.3) is 0 Å². The van der Waals surface area contributed by atoms with Gasteiger partial charge in [0.1, 0.15) is 17.1 Å². The van der Waals surface area contributed by atoms with Crippen molar-refractivity contribution in [3.63, 3.8) is 0 Å². The van der Waals surface area contributed by atoms with Gasteiger partial charge in [0.05, 0.1) is 7.11 Å². The van der Waals surface area contributed by atoms with E-state index in [1.54, 1.807) is 7.11 Å². The second-order valence-electron chi connectivity index (χ2n) is 4.96. The molecule has 0 bridgehead atoms. The van der Waals surface area contributed by atoms with Gasteiger partial charge in [-0.1, -0.05) is 23.7 Å². The Morgan fingerprint density at radius 1 is 1.14 bits per heavy atom. The highest BCUT2D eigenvalue weighted by atomic mass is 35.5. The van der Waals surface area contributed by atoms with Crippen LogP contribution in [0.5, 0.6) is 5.75 Å². The first-order valence-electron chi connectivity index (χ1n) is 6.67. The first-order chi connectivity index (χ1) is 10.1. The molecule has 0 saturated heterocycles. The van der Waals surface area contributed by atoms with Gasteiger partial charge in [-0.3, -0.25) is 0 Å². The van der Waals surface area contributed by atoms with Crippen molar-refractivity contribution in [2.45, 2.75) is 13.8 Å². The molecule has 21 heavy (non-hydrogen) atoms. The Kier molecular flexibility index (Phi) is 3.52. The van der Waals surface area contributed by atoms with Gasteiger partial charge in [-0.2, -0.15) is 0 Å². The number of methoxy groups -OCH3 is 1. The van der Waals surface area contributed by atoms with E-state index in [9.17, 15) is 0 Å². The number of benzene rings is 2. The number of halogens is 1. The second-order valence-corrected chi connectivity index (χ2v) is 5.40. The molecule has 0 spiro atoms. The fourth-order valence-electron chi connectivity index (χ4n) is 2.54.